The van der Waals surface area contributed by atoms with Crippen LogP contribution in [0.3, 0.4) is 0 Å². The molecule has 316 valence electrons. The number of rotatable bonds is 10. The van der Waals surface area contributed by atoms with Crippen molar-refractivity contribution in [3.05, 3.63) is 155 Å². The van der Waals surface area contributed by atoms with Gasteiger partial charge in [-0.15, -0.1) is 24.8 Å². The maximum absolute atomic E-state index is 15.0. The summed E-state index contributed by atoms with van der Waals surface area (Å²) in [7, 11) is 0. The molecular formula is C54H57Cl2F3SiZr. The predicted molar refractivity (Wildman–Crippen MR) is 258 cm³/mol. The molecule has 2 saturated carbocycles. The molecule has 0 nitrogen and oxygen atoms in total. The van der Waals surface area contributed by atoms with Crippen molar-refractivity contribution in [2.75, 3.05) is 0 Å². The summed E-state index contributed by atoms with van der Waals surface area (Å²) in [4.78, 5) is 0. The molecule has 2 unspecified atom stereocenters. The summed E-state index contributed by atoms with van der Waals surface area (Å²) in [6.07, 6.45) is 11.9. The number of alkyl halides is 3. The van der Waals surface area contributed by atoms with E-state index in [4.69, 9.17) is 0 Å². The van der Waals surface area contributed by atoms with Crippen molar-refractivity contribution in [2.45, 2.75) is 92.8 Å². The van der Waals surface area contributed by atoms with Crippen LogP contribution in [-0.4, -0.2) is 13.1 Å². The number of fused-ring (bicyclic) bond motifs is 4. The third-order valence-corrected chi connectivity index (χ3v) is 38.2. The SMILES string of the molecule is Cl.Cl.[CH3][Zr](=[SiH2])([CH2]CC(F)(F)F)([CH]1C(CC2CCCC2)=Cc2c(-c3cccc4ccccc34)cccc21)[CH]1C(CC2CCCC2)=Cc2c(-c3cccc4ccccc34)cccc21. The van der Waals surface area contributed by atoms with Gasteiger partial charge in [0.2, 0.25) is 0 Å². The van der Waals surface area contributed by atoms with Crippen LogP contribution in [0.2, 0.25) is 8.76 Å². The van der Waals surface area contributed by atoms with Crippen molar-refractivity contribution in [2.24, 2.45) is 11.8 Å². The molecule has 0 radical (unpaired) electrons. The maximum atomic E-state index is 15.0. The number of allylic oxidation sites excluding steroid dienone is 2. The van der Waals surface area contributed by atoms with Gasteiger partial charge in [-0.05, 0) is 0 Å². The minimum atomic E-state index is -4.85. The van der Waals surface area contributed by atoms with Crippen LogP contribution in [0.5, 0.6) is 0 Å². The second kappa shape index (κ2) is 17.4. The second-order valence-corrected chi connectivity index (χ2v) is 47.7. The Bertz CT molecular complexity index is 2550. The molecule has 0 spiro atoms. The molecule has 2 fully saturated rings. The Morgan fingerprint density at radius 3 is 1.33 bits per heavy atom. The Morgan fingerprint density at radius 1 is 0.525 bits per heavy atom. The Kier molecular flexibility index (Phi) is 12.7. The Morgan fingerprint density at radius 2 is 0.902 bits per heavy atom. The molecule has 0 heterocycles. The van der Waals surface area contributed by atoms with Gasteiger partial charge in [-0.1, -0.05) is 0 Å². The normalized spacial score (nSPS) is 19.4. The first-order valence-corrected chi connectivity index (χ1v) is 35.3. The van der Waals surface area contributed by atoms with E-state index in [2.05, 4.69) is 145 Å². The van der Waals surface area contributed by atoms with Gasteiger partial charge in [-0.25, -0.2) is 0 Å². The van der Waals surface area contributed by atoms with Crippen molar-refractivity contribution in [1.29, 1.82) is 0 Å². The van der Waals surface area contributed by atoms with Gasteiger partial charge in [0, 0.05) is 0 Å². The zero-order valence-corrected chi connectivity index (χ0v) is 40.7. The molecule has 0 saturated heterocycles. The van der Waals surface area contributed by atoms with Crippen LogP contribution in [-0.2, 0) is 17.4 Å². The zero-order chi connectivity index (χ0) is 40.4. The third-order valence-electron chi connectivity index (χ3n) is 15.3. The number of hydrogen-bond acceptors (Lipinski definition) is 0. The number of hydrogen-bond donors (Lipinski definition) is 0. The van der Waals surface area contributed by atoms with E-state index < -0.39 is 30.0 Å². The van der Waals surface area contributed by atoms with Crippen LogP contribution >= 0.6 is 24.8 Å². The van der Waals surface area contributed by atoms with Crippen LogP contribution < -0.4 is 0 Å². The monoisotopic (exact) mass is 950 g/mol. The quantitative estimate of drug-likeness (QED) is 0.120. The molecule has 6 aromatic carbocycles. The molecule has 0 aliphatic heterocycles. The van der Waals surface area contributed by atoms with Gasteiger partial charge in [0.25, 0.3) is 0 Å². The van der Waals surface area contributed by atoms with Gasteiger partial charge in [-0.2, -0.15) is 0 Å². The average Bonchev–Trinajstić information content (AvgIpc) is 4.07. The first-order valence-electron chi connectivity index (χ1n) is 22.3. The summed E-state index contributed by atoms with van der Waals surface area (Å²) in [5.74, 6) is 1.18. The van der Waals surface area contributed by atoms with Gasteiger partial charge in [-0.3, -0.25) is 0 Å². The Hall–Kier alpha value is -3.21. The van der Waals surface area contributed by atoms with Crippen molar-refractivity contribution >= 4 is 65.4 Å². The molecule has 4 aliphatic rings. The van der Waals surface area contributed by atoms with Gasteiger partial charge >= 0.3 is 353 Å². The molecule has 2 atom stereocenters. The standard InChI is InChI=1S/2C25H23.C3H4F3.CH3.2ClH.H2Si.Zr/c2*1-2-8-18(7-1)15-19-16-21-11-6-14-24(25(21)17-19)23-13-5-10-20-9-3-4-12-22(20)23;1-2-3(4,5)6;;;;;/h2*3-6,9-14,16-18H,1-2,7-8,15H2;1-2H2;1H3;2*1H;1H2;. The van der Waals surface area contributed by atoms with Crippen LogP contribution in [0.1, 0.15) is 100 Å². The van der Waals surface area contributed by atoms with Crippen LogP contribution in [0.25, 0.3) is 56.0 Å². The summed E-state index contributed by atoms with van der Waals surface area (Å²) in [5.41, 5.74) is 12.8. The van der Waals surface area contributed by atoms with E-state index in [0.717, 1.165) is 12.8 Å². The number of benzene rings is 6. The third kappa shape index (κ3) is 8.13. The molecule has 0 amide bonds. The summed E-state index contributed by atoms with van der Waals surface area (Å²) in [6.45, 7) is 2.15. The molecule has 61 heavy (non-hydrogen) atoms. The number of halogens is 5. The topological polar surface area (TPSA) is 0 Å². The fourth-order valence-electron chi connectivity index (χ4n) is 12.8. The van der Waals surface area contributed by atoms with Crippen LogP contribution in [0, 0.1) is 11.8 Å². The molecule has 7 heteroatoms. The average molecular weight is 953 g/mol. The van der Waals surface area contributed by atoms with E-state index in [1.54, 1.807) is 0 Å². The zero-order valence-electron chi connectivity index (χ0n) is 35.2. The predicted octanol–water partition coefficient (Wildman–Crippen LogP) is 16.6. The molecular weight excluding hydrogens is 896 g/mol. The van der Waals surface area contributed by atoms with E-state index in [1.165, 1.54) is 129 Å². The van der Waals surface area contributed by atoms with Gasteiger partial charge in [0.15, 0.2) is 0 Å². The van der Waals surface area contributed by atoms with Gasteiger partial charge in [0.1, 0.15) is 0 Å². The molecule has 10 rings (SSSR count). The van der Waals surface area contributed by atoms with Crippen LogP contribution in [0.4, 0.5) is 13.2 Å². The Labute approximate surface area is 374 Å². The van der Waals surface area contributed by atoms with E-state index in [1.807, 2.05) is 0 Å². The molecule has 6 aromatic rings. The van der Waals surface area contributed by atoms with Gasteiger partial charge in [0.05, 0.1) is 0 Å². The molecule has 0 bridgehead atoms. The van der Waals surface area contributed by atoms with Crippen molar-refractivity contribution < 1.29 is 30.6 Å². The summed E-state index contributed by atoms with van der Waals surface area (Å²) in [6, 6.07) is 44.0. The van der Waals surface area contributed by atoms with E-state index >= 15 is 13.2 Å². The molecule has 0 N–H and O–H groups in total. The van der Waals surface area contributed by atoms with Crippen molar-refractivity contribution in [1.82, 2.24) is 0 Å². The molecule has 4 aliphatic carbocycles. The fourth-order valence-corrected chi connectivity index (χ4v) is 36.5. The first kappa shape index (κ1) is 44.4. The van der Waals surface area contributed by atoms with Crippen molar-refractivity contribution in [3.8, 4) is 22.3 Å². The van der Waals surface area contributed by atoms with Gasteiger partial charge < -0.3 is 0 Å². The summed E-state index contributed by atoms with van der Waals surface area (Å²) >= 11 is -4.85. The van der Waals surface area contributed by atoms with E-state index in [0.29, 0.717) is 11.8 Å². The Balaban J connectivity index is 0.00000257. The van der Waals surface area contributed by atoms with Crippen molar-refractivity contribution in [3.63, 3.8) is 0 Å². The summed E-state index contributed by atoms with van der Waals surface area (Å²) in [5, 5.41) is 4.87. The summed E-state index contributed by atoms with van der Waals surface area (Å²) < 4.78 is 48.0. The molecule has 0 aromatic heterocycles. The van der Waals surface area contributed by atoms with E-state index in [9.17, 15) is 0 Å². The fraction of sp³-hybridized carbons (Fsp3) is 0.333. The first-order chi connectivity index (χ1) is 28.5. The van der Waals surface area contributed by atoms with Crippen LogP contribution in [0.15, 0.2) is 132 Å². The second-order valence-electron chi connectivity index (χ2n) is 19.3. The minimum absolute atomic E-state index is 0. The van der Waals surface area contributed by atoms with E-state index in [-0.39, 0.29) is 36.2 Å².